The van der Waals surface area contributed by atoms with Crippen LogP contribution in [0.25, 0.3) is 16.2 Å². The Hall–Kier alpha value is -3.06. The van der Waals surface area contributed by atoms with Crippen LogP contribution in [-0.4, -0.2) is 24.5 Å². The molecule has 1 aromatic carbocycles. The molecule has 0 amide bonds. The van der Waals surface area contributed by atoms with Crippen LogP contribution in [0, 0.1) is 11.6 Å². The Kier molecular flexibility index (Phi) is 5.39. The highest BCUT2D eigenvalue weighted by Gasteiger charge is 2.20. The van der Waals surface area contributed by atoms with Gasteiger partial charge in [0.1, 0.15) is 16.3 Å². The summed E-state index contributed by atoms with van der Waals surface area (Å²) >= 11 is 1.84. The number of thiazole rings is 1. The number of halogens is 4. The Morgan fingerprint density at radius 2 is 1.90 bits per heavy atom. The number of thioether (sulfide) groups is 1. The van der Waals surface area contributed by atoms with E-state index in [0.29, 0.717) is 12.1 Å². The molecule has 1 N–H and O–H groups in total. The fourth-order valence-electron chi connectivity index (χ4n) is 2.57. The summed E-state index contributed by atoms with van der Waals surface area (Å²) in [6.45, 7) is 0. The van der Waals surface area contributed by atoms with Crippen molar-refractivity contribution in [3.63, 3.8) is 0 Å². The maximum atomic E-state index is 14.2. The normalized spacial score (nSPS) is 11.5. The van der Waals surface area contributed by atoms with Crippen LogP contribution in [0.3, 0.4) is 0 Å². The van der Waals surface area contributed by atoms with Crippen LogP contribution < -0.4 is 11.1 Å². The molecule has 0 radical (unpaired) electrons. The van der Waals surface area contributed by atoms with E-state index in [1.54, 1.807) is 0 Å². The zero-order valence-corrected chi connectivity index (χ0v) is 16.2. The van der Waals surface area contributed by atoms with Gasteiger partial charge in [-0.15, -0.1) is 11.3 Å². The molecule has 0 saturated heterocycles. The lowest BCUT2D eigenvalue weighted by Crippen LogP contribution is -2.23. The van der Waals surface area contributed by atoms with Crippen LogP contribution in [-0.2, 0) is 5.75 Å². The second kappa shape index (κ2) is 7.99. The number of alkyl halides is 2. The maximum absolute atomic E-state index is 14.2. The van der Waals surface area contributed by atoms with Crippen molar-refractivity contribution < 1.29 is 17.6 Å². The fourth-order valence-corrected chi connectivity index (χ4v) is 4.23. The van der Waals surface area contributed by atoms with Gasteiger partial charge in [-0.05, 0) is 12.1 Å². The lowest BCUT2D eigenvalue weighted by molar-refractivity contribution is 0.150. The van der Waals surface area contributed by atoms with Crippen molar-refractivity contribution in [3.8, 4) is 5.82 Å². The minimum absolute atomic E-state index is 0.00897. The van der Waals surface area contributed by atoms with Gasteiger partial charge in [0.05, 0.1) is 11.7 Å². The van der Waals surface area contributed by atoms with Crippen LogP contribution in [0.5, 0.6) is 0 Å². The van der Waals surface area contributed by atoms with E-state index in [2.05, 4.69) is 19.9 Å². The second-order valence-electron chi connectivity index (χ2n) is 5.86. The van der Waals surface area contributed by atoms with E-state index in [-0.39, 0.29) is 27.1 Å². The summed E-state index contributed by atoms with van der Waals surface area (Å²) < 4.78 is 55.1. The predicted octanol–water partition coefficient (Wildman–Crippen LogP) is 3.43. The average Bonchev–Trinajstić information content (AvgIpc) is 3.17. The van der Waals surface area contributed by atoms with Crippen LogP contribution >= 0.6 is 23.1 Å². The van der Waals surface area contributed by atoms with Crippen LogP contribution in [0.1, 0.15) is 17.6 Å². The van der Waals surface area contributed by atoms with Crippen LogP contribution in [0.4, 0.5) is 17.6 Å². The van der Waals surface area contributed by atoms with Gasteiger partial charge in [0.25, 0.3) is 17.5 Å². The third-order valence-corrected chi connectivity index (χ3v) is 5.76. The van der Waals surface area contributed by atoms with E-state index in [0.717, 1.165) is 33.9 Å². The molecule has 154 valence electrons. The molecule has 7 nitrogen and oxygen atoms in total. The smallest absolute Gasteiger partial charge is 0.279 e. The molecule has 30 heavy (non-hydrogen) atoms. The van der Waals surface area contributed by atoms with Gasteiger partial charge in [-0.3, -0.25) is 9.59 Å². The molecule has 0 spiro atoms. The number of nitrogens with one attached hydrogen (secondary N) is 1. The van der Waals surface area contributed by atoms with E-state index in [4.69, 9.17) is 0 Å². The number of hydrogen-bond donors (Lipinski definition) is 1. The highest BCUT2D eigenvalue weighted by molar-refractivity contribution is 7.98. The second-order valence-corrected chi connectivity index (χ2v) is 7.66. The van der Waals surface area contributed by atoms with E-state index < -0.39 is 40.3 Å². The van der Waals surface area contributed by atoms with Crippen LogP contribution in [0.15, 0.2) is 44.8 Å². The number of rotatable bonds is 5. The highest BCUT2D eigenvalue weighted by atomic mass is 32.2. The molecule has 3 heterocycles. The van der Waals surface area contributed by atoms with E-state index in [1.807, 2.05) is 0 Å². The molecule has 0 aliphatic heterocycles. The largest absolute Gasteiger partial charge is 0.324 e. The molecule has 0 saturated carbocycles. The summed E-state index contributed by atoms with van der Waals surface area (Å²) in [5, 5.41) is 0.00897. The fraction of sp³-hybridized carbons (Fsp3) is 0.118. The summed E-state index contributed by atoms with van der Waals surface area (Å²) in [5.41, 5.74) is -0.675. The molecule has 0 atom stereocenters. The first-order chi connectivity index (χ1) is 14.3. The molecular weight excluding hydrogens is 446 g/mol. The molecule has 3 aromatic heterocycles. The van der Waals surface area contributed by atoms with Crippen molar-refractivity contribution in [2.45, 2.75) is 17.3 Å². The van der Waals surface area contributed by atoms with Crippen molar-refractivity contribution in [2.24, 2.45) is 0 Å². The summed E-state index contributed by atoms with van der Waals surface area (Å²) in [6.07, 6.45) is -0.850. The van der Waals surface area contributed by atoms with E-state index >= 15 is 0 Å². The Morgan fingerprint density at radius 1 is 1.17 bits per heavy atom. The number of fused-ring (bicyclic) bond motifs is 1. The Balaban J connectivity index is 1.78. The zero-order valence-electron chi connectivity index (χ0n) is 14.6. The highest BCUT2D eigenvalue weighted by Crippen LogP contribution is 2.29. The lowest BCUT2D eigenvalue weighted by atomic mass is 10.1. The third-order valence-electron chi connectivity index (χ3n) is 3.99. The predicted molar refractivity (Wildman–Crippen MR) is 102 cm³/mol. The van der Waals surface area contributed by atoms with Gasteiger partial charge in [-0.25, -0.2) is 37.1 Å². The minimum Gasteiger partial charge on any atom is -0.324 e. The van der Waals surface area contributed by atoms with Crippen molar-refractivity contribution in [1.29, 1.82) is 0 Å². The molecule has 13 heteroatoms. The summed E-state index contributed by atoms with van der Waals surface area (Å²) in [7, 11) is 0. The Morgan fingerprint density at radius 3 is 2.53 bits per heavy atom. The number of nitrogens with zero attached hydrogens (tertiary/aromatic N) is 4. The van der Waals surface area contributed by atoms with Crippen molar-refractivity contribution in [3.05, 3.63) is 73.5 Å². The van der Waals surface area contributed by atoms with Gasteiger partial charge in [-0.2, -0.15) is 0 Å². The van der Waals surface area contributed by atoms with Gasteiger partial charge in [0.15, 0.2) is 16.6 Å². The number of benzene rings is 1. The van der Waals surface area contributed by atoms with Crippen molar-refractivity contribution >= 4 is 33.4 Å². The SMILES string of the molecule is O=c1cnc(-n2c(SCc3c(F)cc(C(F)F)cc3F)nc3ncsc3c2=O)c[nH]1. The van der Waals surface area contributed by atoms with Crippen molar-refractivity contribution in [2.75, 3.05) is 0 Å². The van der Waals surface area contributed by atoms with Crippen molar-refractivity contribution in [1.82, 2.24) is 24.5 Å². The molecule has 0 aliphatic rings. The topological polar surface area (TPSA) is 93.5 Å². The monoisotopic (exact) mass is 455 g/mol. The Labute approximate surface area is 172 Å². The molecular formula is C17H9F4N5O2S2. The molecule has 0 aliphatic carbocycles. The molecule has 4 rings (SSSR count). The number of aromatic amines is 1. The number of hydrogen-bond acceptors (Lipinski definition) is 7. The zero-order chi connectivity index (χ0) is 21.4. The summed E-state index contributed by atoms with van der Waals surface area (Å²) in [6, 6.07) is 1.13. The van der Waals surface area contributed by atoms with Gasteiger partial charge in [-0.1, -0.05) is 11.8 Å². The first kappa shape index (κ1) is 20.2. The van der Waals surface area contributed by atoms with Gasteiger partial charge in [0, 0.05) is 23.1 Å². The first-order valence-electron chi connectivity index (χ1n) is 8.15. The maximum Gasteiger partial charge on any atom is 0.279 e. The molecule has 0 unspecified atom stereocenters. The summed E-state index contributed by atoms with van der Waals surface area (Å²) in [4.78, 5) is 38.7. The lowest BCUT2D eigenvalue weighted by Gasteiger charge is -2.11. The minimum atomic E-state index is -3.01. The van der Waals surface area contributed by atoms with Crippen LogP contribution in [0.2, 0.25) is 0 Å². The quantitative estimate of drug-likeness (QED) is 0.282. The van der Waals surface area contributed by atoms with E-state index in [9.17, 15) is 27.2 Å². The molecule has 4 aromatic rings. The third kappa shape index (κ3) is 3.73. The van der Waals surface area contributed by atoms with E-state index in [1.165, 1.54) is 11.7 Å². The van der Waals surface area contributed by atoms with Gasteiger partial charge >= 0.3 is 0 Å². The summed E-state index contributed by atoms with van der Waals surface area (Å²) in [5.74, 6) is -2.57. The standard InChI is InChI=1S/C17H9F4N5O2S2/c18-9-1-7(14(20)21)2-10(19)8(9)5-29-17-25-15-13(30-6-24-15)16(28)26(17)11-3-23-12(27)4-22-11/h1-4,6,14H,5H2,(H,23,27). The number of H-pyrrole nitrogens is 1. The molecule has 0 bridgehead atoms. The first-order valence-corrected chi connectivity index (χ1v) is 10.0. The van der Waals surface area contributed by atoms with Gasteiger partial charge < -0.3 is 4.98 Å². The average molecular weight is 455 g/mol. The molecule has 0 fully saturated rings. The number of aromatic nitrogens is 5. The van der Waals surface area contributed by atoms with Gasteiger partial charge in [0.2, 0.25) is 0 Å². The Bertz CT molecular complexity index is 1330.